The van der Waals surface area contributed by atoms with Crippen molar-refractivity contribution in [1.82, 2.24) is 0 Å². The third-order valence-corrected chi connectivity index (χ3v) is 3.69. The summed E-state index contributed by atoms with van der Waals surface area (Å²) in [6, 6.07) is 5.06. The quantitative estimate of drug-likeness (QED) is 0.718. The normalized spacial score (nSPS) is 18.3. The van der Waals surface area contributed by atoms with Gasteiger partial charge in [-0.1, -0.05) is 19.3 Å². The molecule has 0 radical (unpaired) electrons. The van der Waals surface area contributed by atoms with Gasteiger partial charge in [0.2, 0.25) is 0 Å². The van der Waals surface area contributed by atoms with Crippen LogP contribution in [0, 0.1) is 0 Å². The van der Waals surface area contributed by atoms with Gasteiger partial charge < -0.3 is 16.2 Å². The van der Waals surface area contributed by atoms with Crippen molar-refractivity contribution in [3.05, 3.63) is 23.8 Å². The lowest BCUT2D eigenvalue weighted by molar-refractivity contribution is 0.0698. The lowest BCUT2D eigenvalue weighted by Gasteiger charge is -2.35. The number of hydrogen-bond acceptors (Lipinski definition) is 3. The van der Waals surface area contributed by atoms with E-state index in [1.165, 1.54) is 19.3 Å². The average molecular weight is 248 g/mol. The van der Waals surface area contributed by atoms with Crippen LogP contribution in [0.25, 0.3) is 0 Å². The summed E-state index contributed by atoms with van der Waals surface area (Å²) < 4.78 is 0. The van der Waals surface area contributed by atoms with Crippen molar-refractivity contribution in [3.63, 3.8) is 0 Å². The highest BCUT2D eigenvalue weighted by atomic mass is 16.4. The Morgan fingerprint density at radius 2 is 2.00 bits per heavy atom. The highest BCUT2D eigenvalue weighted by Crippen LogP contribution is 2.32. The van der Waals surface area contributed by atoms with Gasteiger partial charge >= 0.3 is 5.97 Å². The molecule has 0 atom stereocenters. The lowest BCUT2D eigenvalue weighted by atomic mass is 9.83. The minimum Gasteiger partial charge on any atom is -0.478 e. The number of nitrogen functional groups attached to an aromatic ring is 1. The predicted molar refractivity (Wildman–Crippen MR) is 72.9 cm³/mol. The van der Waals surface area contributed by atoms with Crippen molar-refractivity contribution in [2.45, 2.75) is 44.6 Å². The summed E-state index contributed by atoms with van der Waals surface area (Å²) in [7, 11) is 0. The summed E-state index contributed by atoms with van der Waals surface area (Å²) in [5, 5.41) is 12.4. The SMILES string of the molecule is CC1(Nc2ccc(C(=O)O)c(N)c2)CCCCC1. The van der Waals surface area contributed by atoms with Gasteiger partial charge in [-0.2, -0.15) is 0 Å². The molecule has 4 N–H and O–H groups in total. The summed E-state index contributed by atoms with van der Waals surface area (Å²) in [6.07, 6.45) is 6.08. The Balaban J connectivity index is 2.14. The molecule has 0 saturated heterocycles. The van der Waals surface area contributed by atoms with Gasteiger partial charge in [-0.15, -0.1) is 0 Å². The van der Waals surface area contributed by atoms with Crippen LogP contribution in [0.15, 0.2) is 18.2 Å². The molecule has 4 heteroatoms. The molecule has 2 rings (SSSR count). The van der Waals surface area contributed by atoms with Gasteiger partial charge in [-0.3, -0.25) is 0 Å². The zero-order valence-electron chi connectivity index (χ0n) is 10.7. The zero-order chi connectivity index (χ0) is 13.2. The minimum atomic E-state index is -0.983. The number of carboxylic acids is 1. The molecule has 0 bridgehead atoms. The van der Waals surface area contributed by atoms with Gasteiger partial charge in [-0.05, 0) is 38.0 Å². The predicted octanol–water partition coefficient (Wildman–Crippen LogP) is 3.10. The van der Waals surface area contributed by atoms with Gasteiger partial charge in [0.05, 0.1) is 5.56 Å². The van der Waals surface area contributed by atoms with Crippen LogP contribution in [0.2, 0.25) is 0 Å². The van der Waals surface area contributed by atoms with Crippen LogP contribution in [-0.2, 0) is 0 Å². The van der Waals surface area contributed by atoms with Crippen molar-refractivity contribution in [1.29, 1.82) is 0 Å². The molecular formula is C14H20N2O2. The van der Waals surface area contributed by atoms with E-state index in [2.05, 4.69) is 12.2 Å². The number of carbonyl (C=O) groups is 1. The monoisotopic (exact) mass is 248 g/mol. The zero-order valence-corrected chi connectivity index (χ0v) is 10.7. The van der Waals surface area contributed by atoms with Gasteiger partial charge in [0, 0.05) is 16.9 Å². The van der Waals surface area contributed by atoms with Crippen LogP contribution < -0.4 is 11.1 Å². The van der Waals surface area contributed by atoms with Crippen LogP contribution in [0.1, 0.15) is 49.4 Å². The molecule has 1 fully saturated rings. The number of hydrogen-bond donors (Lipinski definition) is 3. The highest BCUT2D eigenvalue weighted by Gasteiger charge is 2.26. The summed E-state index contributed by atoms with van der Waals surface area (Å²) in [5.41, 5.74) is 7.23. The molecule has 0 amide bonds. The second-order valence-electron chi connectivity index (χ2n) is 5.35. The van der Waals surface area contributed by atoms with Gasteiger partial charge in [0.25, 0.3) is 0 Å². The van der Waals surface area contributed by atoms with E-state index in [9.17, 15) is 4.79 Å². The topological polar surface area (TPSA) is 75.3 Å². The highest BCUT2D eigenvalue weighted by molar-refractivity contribution is 5.94. The molecular weight excluding hydrogens is 228 g/mol. The first-order valence-electron chi connectivity index (χ1n) is 6.41. The van der Waals surface area contributed by atoms with Crippen molar-refractivity contribution in [3.8, 4) is 0 Å². The van der Waals surface area contributed by atoms with Crippen LogP contribution >= 0.6 is 0 Å². The molecule has 1 aliphatic carbocycles. The van der Waals surface area contributed by atoms with Crippen LogP contribution in [0.4, 0.5) is 11.4 Å². The Hall–Kier alpha value is -1.71. The van der Waals surface area contributed by atoms with Crippen molar-refractivity contribution in [2.24, 2.45) is 0 Å². The molecule has 0 heterocycles. The molecule has 1 aromatic rings. The van der Waals surface area contributed by atoms with Crippen molar-refractivity contribution < 1.29 is 9.90 Å². The second-order valence-corrected chi connectivity index (χ2v) is 5.35. The maximum Gasteiger partial charge on any atom is 0.337 e. The molecule has 1 aliphatic rings. The Morgan fingerprint density at radius 3 is 2.56 bits per heavy atom. The first kappa shape index (κ1) is 12.7. The fourth-order valence-corrected chi connectivity index (χ4v) is 2.64. The molecule has 4 nitrogen and oxygen atoms in total. The number of benzene rings is 1. The minimum absolute atomic E-state index is 0.107. The third kappa shape index (κ3) is 2.75. The Labute approximate surface area is 107 Å². The lowest BCUT2D eigenvalue weighted by Crippen LogP contribution is -2.36. The van der Waals surface area contributed by atoms with E-state index < -0.39 is 5.97 Å². The number of nitrogens with one attached hydrogen (secondary N) is 1. The molecule has 0 unspecified atom stereocenters. The first-order chi connectivity index (χ1) is 8.50. The van der Waals surface area contributed by atoms with E-state index in [0.29, 0.717) is 5.69 Å². The van der Waals surface area contributed by atoms with E-state index in [0.717, 1.165) is 18.5 Å². The molecule has 0 aliphatic heterocycles. The number of aromatic carboxylic acids is 1. The standard InChI is InChI=1S/C14H20N2O2/c1-14(7-3-2-4-8-14)16-10-5-6-11(13(17)18)12(15)9-10/h5-6,9,16H,2-4,7-8,15H2,1H3,(H,17,18). The number of nitrogens with two attached hydrogens (primary N) is 1. The van der Waals surface area contributed by atoms with E-state index in [1.54, 1.807) is 18.2 Å². The number of anilines is 2. The molecule has 18 heavy (non-hydrogen) atoms. The molecule has 0 spiro atoms. The summed E-state index contributed by atoms with van der Waals surface area (Å²) >= 11 is 0. The maximum absolute atomic E-state index is 10.9. The van der Waals surface area contributed by atoms with E-state index in [-0.39, 0.29) is 11.1 Å². The first-order valence-corrected chi connectivity index (χ1v) is 6.41. The van der Waals surface area contributed by atoms with Crippen molar-refractivity contribution >= 4 is 17.3 Å². The van der Waals surface area contributed by atoms with Gasteiger partial charge in [-0.25, -0.2) is 4.79 Å². The average Bonchev–Trinajstić information content (AvgIpc) is 2.28. The van der Waals surface area contributed by atoms with Gasteiger partial charge in [0.15, 0.2) is 0 Å². The Kier molecular flexibility index (Phi) is 3.45. The second kappa shape index (κ2) is 4.88. The van der Waals surface area contributed by atoms with Gasteiger partial charge in [0.1, 0.15) is 0 Å². The number of carboxylic acid groups (broad SMARTS) is 1. The van der Waals surface area contributed by atoms with Crippen molar-refractivity contribution in [2.75, 3.05) is 11.1 Å². The Morgan fingerprint density at radius 1 is 1.33 bits per heavy atom. The van der Waals surface area contributed by atoms with E-state index >= 15 is 0 Å². The number of rotatable bonds is 3. The molecule has 98 valence electrons. The van der Waals surface area contributed by atoms with E-state index in [1.807, 2.05) is 0 Å². The fraction of sp³-hybridized carbons (Fsp3) is 0.500. The largest absolute Gasteiger partial charge is 0.478 e. The van der Waals surface area contributed by atoms with Crippen LogP contribution in [0.5, 0.6) is 0 Å². The smallest absolute Gasteiger partial charge is 0.337 e. The third-order valence-electron chi connectivity index (χ3n) is 3.69. The fourth-order valence-electron chi connectivity index (χ4n) is 2.64. The van der Waals surface area contributed by atoms with Crippen LogP contribution in [0.3, 0.4) is 0 Å². The summed E-state index contributed by atoms with van der Waals surface area (Å²) in [5.74, 6) is -0.983. The van der Waals surface area contributed by atoms with Crippen LogP contribution in [-0.4, -0.2) is 16.6 Å². The molecule has 1 aromatic carbocycles. The maximum atomic E-state index is 10.9. The summed E-state index contributed by atoms with van der Waals surface area (Å²) in [4.78, 5) is 10.9. The molecule has 0 aromatic heterocycles. The molecule has 1 saturated carbocycles. The van der Waals surface area contributed by atoms with E-state index in [4.69, 9.17) is 10.8 Å². The Bertz CT molecular complexity index is 451. The summed E-state index contributed by atoms with van der Waals surface area (Å²) in [6.45, 7) is 2.22.